The number of amides is 1. The Kier molecular flexibility index (Phi) is 6.08. The summed E-state index contributed by atoms with van der Waals surface area (Å²) >= 11 is 4.42. The number of hydrogen-bond donors (Lipinski definition) is 2. The van der Waals surface area contributed by atoms with Crippen molar-refractivity contribution < 1.29 is 19.1 Å². The van der Waals surface area contributed by atoms with Crippen molar-refractivity contribution in [2.24, 2.45) is 0 Å². The third-order valence-corrected chi connectivity index (χ3v) is 3.18. The second kappa shape index (κ2) is 7.36. The highest BCUT2D eigenvalue weighted by Crippen LogP contribution is 2.24. The van der Waals surface area contributed by atoms with Crippen molar-refractivity contribution in [2.45, 2.75) is 37.7 Å². The smallest absolute Gasteiger partial charge is 0.408 e. The Labute approximate surface area is 130 Å². The average Bonchev–Trinajstić information content (AvgIpc) is 2.42. The molecule has 0 fully saturated rings. The highest BCUT2D eigenvalue weighted by molar-refractivity contribution is 7.80. The van der Waals surface area contributed by atoms with Gasteiger partial charge in [0.1, 0.15) is 11.6 Å². The van der Waals surface area contributed by atoms with Crippen LogP contribution in [0.4, 0.5) is 4.79 Å². The molecule has 2 unspecified atom stereocenters. The van der Waals surface area contributed by atoms with Crippen molar-refractivity contribution in [3.05, 3.63) is 35.9 Å². The van der Waals surface area contributed by atoms with E-state index >= 15 is 0 Å². The fraction of sp³-hybridized carbons (Fsp3) is 0.467. The van der Waals surface area contributed by atoms with E-state index in [1.165, 1.54) is 7.11 Å². The van der Waals surface area contributed by atoms with Crippen molar-refractivity contribution in [2.75, 3.05) is 7.11 Å². The van der Waals surface area contributed by atoms with E-state index in [0.717, 1.165) is 5.56 Å². The van der Waals surface area contributed by atoms with E-state index in [1.807, 2.05) is 30.3 Å². The van der Waals surface area contributed by atoms with Gasteiger partial charge in [-0.15, -0.1) is 0 Å². The Morgan fingerprint density at radius 2 is 1.76 bits per heavy atom. The molecule has 0 spiro atoms. The first-order chi connectivity index (χ1) is 9.74. The molecule has 1 aromatic carbocycles. The van der Waals surface area contributed by atoms with Gasteiger partial charge in [0.05, 0.1) is 12.4 Å². The topological polar surface area (TPSA) is 64.6 Å². The van der Waals surface area contributed by atoms with E-state index in [0.29, 0.717) is 0 Å². The van der Waals surface area contributed by atoms with E-state index in [2.05, 4.69) is 17.9 Å². The fourth-order valence-electron chi connectivity index (χ4n) is 1.67. The van der Waals surface area contributed by atoms with Crippen LogP contribution in [0.15, 0.2) is 30.3 Å². The first kappa shape index (κ1) is 17.4. The zero-order valence-electron chi connectivity index (χ0n) is 12.6. The summed E-state index contributed by atoms with van der Waals surface area (Å²) in [6, 6.07) is 8.24. The highest BCUT2D eigenvalue weighted by atomic mass is 32.1. The molecule has 0 aliphatic carbocycles. The summed E-state index contributed by atoms with van der Waals surface area (Å²) in [6.07, 6.45) is -0.687. The molecule has 1 aromatic rings. The zero-order valence-corrected chi connectivity index (χ0v) is 13.5. The molecule has 0 radical (unpaired) electrons. The van der Waals surface area contributed by atoms with Crippen LogP contribution in [0.1, 0.15) is 31.6 Å². The van der Waals surface area contributed by atoms with Gasteiger partial charge in [-0.2, -0.15) is 12.6 Å². The normalized spacial score (nSPS) is 14.0. The second-order valence-electron chi connectivity index (χ2n) is 5.50. The quantitative estimate of drug-likeness (QED) is 0.663. The van der Waals surface area contributed by atoms with Crippen LogP contribution < -0.4 is 5.32 Å². The number of ether oxygens (including phenoxy) is 2. The van der Waals surface area contributed by atoms with Gasteiger partial charge >= 0.3 is 12.1 Å². The number of thiol groups is 1. The number of hydrogen-bond acceptors (Lipinski definition) is 5. The lowest BCUT2D eigenvalue weighted by Crippen LogP contribution is -2.46. The molecule has 0 saturated carbocycles. The highest BCUT2D eigenvalue weighted by Gasteiger charge is 2.31. The van der Waals surface area contributed by atoms with Gasteiger partial charge in [-0.05, 0) is 26.3 Å². The summed E-state index contributed by atoms with van der Waals surface area (Å²) in [5, 5.41) is 1.97. The molecule has 0 saturated heterocycles. The number of esters is 1. The molecule has 116 valence electrons. The van der Waals surface area contributed by atoms with Crippen LogP contribution in [0.5, 0.6) is 0 Å². The van der Waals surface area contributed by atoms with Gasteiger partial charge < -0.3 is 14.8 Å². The lowest BCUT2D eigenvalue weighted by molar-refractivity contribution is -0.143. The van der Waals surface area contributed by atoms with Crippen LogP contribution >= 0.6 is 12.6 Å². The Morgan fingerprint density at radius 1 is 1.19 bits per heavy atom. The standard InChI is InChI=1S/C15H21NO4S/c1-15(2,3)20-14(18)16-11(13(17)19-4)12(21)10-8-6-5-7-9-10/h5-9,11-12,21H,1-4H3,(H,16,18). The van der Waals surface area contributed by atoms with Crippen LogP contribution in [0.3, 0.4) is 0 Å². The first-order valence-electron chi connectivity index (χ1n) is 6.55. The number of methoxy groups -OCH3 is 1. The molecule has 0 heterocycles. The Balaban J connectivity index is 2.86. The van der Waals surface area contributed by atoms with Crippen LogP contribution in [0.2, 0.25) is 0 Å². The van der Waals surface area contributed by atoms with Gasteiger partial charge in [0.15, 0.2) is 0 Å². The number of carbonyl (C=O) groups is 2. The molecular weight excluding hydrogens is 290 g/mol. The summed E-state index contributed by atoms with van der Waals surface area (Å²) in [7, 11) is 1.26. The largest absolute Gasteiger partial charge is 0.467 e. The molecule has 5 nitrogen and oxygen atoms in total. The summed E-state index contributed by atoms with van der Waals surface area (Å²) in [5.41, 5.74) is 0.149. The Morgan fingerprint density at radius 3 is 2.24 bits per heavy atom. The maximum atomic E-state index is 11.9. The zero-order chi connectivity index (χ0) is 16.0. The summed E-state index contributed by atoms with van der Waals surface area (Å²) in [4.78, 5) is 23.7. The summed E-state index contributed by atoms with van der Waals surface area (Å²) in [5.74, 6) is -0.579. The van der Waals surface area contributed by atoms with Gasteiger partial charge in [0, 0.05) is 0 Å². The monoisotopic (exact) mass is 311 g/mol. The minimum absolute atomic E-state index is 0.536. The van der Waals surface area contributed by atoms with Crippen LogP contribution in [-0.4, -0.2) is 30.8 Å². The number of carbonyl (C=O) groups excluding carboxylic acids is 2. The molecule has 0 aliphatic heterocycles. The number of benzene rings is 1. The van der Waals surface area contributed by atoms with Crippen molar-refractivity contribution in [3.8, 4) is 0 Å². The summed E-state index contributed by atoms with van der Waals surface area (Å²) in [6.45, 7) is 5.24. The molecule has 0 aromatic heterocycles. The van der Waals surface area contributed by atoms with Crippen LogP contribution in [0, 0.1) is 0 Å². The van der Waals surface area contributed by atoms with Crippen LogP contribution in [0.25, 0.3) is 0 Å². The molecule has 0 aliphatic rings. The third-order valence-electron chi connectivity index (χ3n) is 2.58. The van der Waals surface area contributed by atoms with Crippen molar-refractivity contribution >= 4 is 24.7 Å². The fourth-order valence-corrected chi connectivity index (χ4v) is 2.04. The molecule has 1 rings (SSSR count). The second-order valence-corrected chi connectivity index (χ2v) is 6.06. The van der Waals surface area contributed by atoms with E-state index in [-0.39, 0.29) is 0 Å². The van der Waals surface area contributed by atoms with Crippen molar-refractivity contribution in [3.63, 3.8) is 0 Å². The van der Waals surface area contributed by atoms with Crippen molar-refractivity contribution in [1.82, 2.24) is 5.32 Å². The van der Waals surface area contributed by atoms with Gasteiger partial charge in [0.2, 0.25) is 0 Å². The molecule has 2 atom stereocenters. The molecule has 21 heavy (non-hydrogen) atoms. The summed E-state index contributed by atoms with van der Waals surface area (Å²) < 4.78 is 9.89. The van der Waals surface area contributed by atoms with E-state index in [1.54, 1.807) is 20.8 Å². The van der Waals surface area contributed by atoms with Gasteiger partial charge in [0.25, 0.3) is 0 Å². The number of nitrogens with one attached hydrogen (secondary N) is 1. The SMILES string of the molecule is COC(=O)C(NC(=O)OC(C)(C)C)C(S)c1ccccc1. The molecular formula is C15H21NO4S. The lowest BCUT2D eigenvalue weighted by atomic mass is 10.1. The van der Waals surface area contributed by atoms with E-state index in [9.17, 15) is 9.59 Å². The van der Waals surface area contributed by atoms with Gasteiger partial charge in [-0.25, -0.2) is 9.59 Å². The number of rotatable bonds is 4. The maximum absolute atomic E-state index is 11.9. The Bertz CT molecular complexity index is 484. The van der Waals surface area contributed by atoms with Crippen LogP contribution in [-0.2, 0) is 14.3 Å². The molecule has 6 heteroatoms. The lowest BCUT2D eigenvalue weighted by Gasteiger charge is -2.25. The maximum Gasteiger partial charge on any atom is 0.408 e. The predicted molar refractivity (Wildman–Crippen MR) is 83.3 cm³/mol. The minimum Gasteiger partial charge on any atom is -0.467 e. The first-order valence-corrected chi connectivity index (χ1v) is 7.06. The van der Waals surface area contributed by atoms with Gasteiger partial charge in [-0.3, -0.25) is 0 Å². The Hall–Kier alpha value is -1.69. The minimum atomic E-state index is -0.935. The third kappa shape index (κ3) is 5.67. The van der Waals surface area contributed by atoms with Gasteiger partial charge in [-0.1, -0.05) is 30.3 Å². The average molecular weight is 311 g/mol. The van der Waals surface area contributed by atoms with E-state index < -0.39 is 29.0 Å². The predicted octanol–water partition coefficient (Wildman–Crippen LogP) is 2.72. The number of alkyl carbamates (subject to hydrolysis) is 1. The molecule has 1 N–H and O–H groups in total. The molecule has 0 bridgehead atoms. The van der Waals surface area contributed by atoms with Crippen molar-refractivity contribution in [1.29, 1.82) is 0 Å². The molecule has 1 amide bonds. The van der Waals surface area contributed by atoms with E-state index in [4.69, 9.17) is 9.47 Å².